The number of halogens is 2. The first-order valence-corrected chi connectivity index (χ1v) is 7.68. The van der Waals surface area contributed by atoms with E-state index in [0.717, 1.165) is 28.6 Å². The van der Waals surface area contributed by atoms with Crippen LogP contribution in [0.2, 0.25) is 0 Å². The zero-order valence-electron chi connectivity index (χ0n) is 12.0. The molecule has 1 atom stereocenters. The Kier molecular flexibility index (Phi) is 5.76. The first-order valence-electron chi connectivity index (χ1n) is 6.88. The minimum atomic E-state index is -0.223. The number of ether oxygens (including phenoxy) is 1. The highest BCUT2D eigenvalue weighted by atomic mass is 79.9. The Morgan fingerprint density at radius 1 is 1.10 bits per heavy atom. The third-order valence-electron chi connectivity index (χ3n) is 3.46. The topological polar surface area (TPSA) is 35.2 Å². The van der Waals surface area contributed by atoms with Crippen LogP contribution in [0.3, 0.4) is 0 Å². The normalized spacial score (nSPS) is 12.2. The van der Waals surface area contributed by atoms with Crippen LogP contribution in [0.25, 0.3) is 0 Å². The molecule has 0 aliphatic rings. The van der Waals surface area contributed by atoms with Crippen molar-refractivity contribution in [2.75, 3.05) is 13.7 Å². The summed E-state index contributed by atoms with van der Waals surface area (Å²) >= 11 is 3.32. The van der Waals surface area contributed by atoms with Gasteiger partial charge in [0.25, 0.3) is 0 Å². The molecule has 0 aliphatic carbocycles. The van der Waals surface area contributed by atoms with E-state index in [1.807, 2.05) is 30.3 Å². The van der Waals surface area contributed by atoms with E-state index in [1.165, 1.54) is 11.6 Å². The van der Waals surface area contributed by atoms with Gasteiger partial charge < -0.3 is 10.5 Å². The van der Waals surface area contributed by atoms with Gasteiger partial charge in [0, 0.05) is 4.47 Å². The summed E-state index contributed by atoms with van der Waals surface area (Å²) in [4.78, 5) is 0. The highest BCUT2D eigenvalue weighted by Gasteiger charge is 2.10. The quantitative estimate of drug-likeness (QED) is 0.854. The van der Waals surface area contributed by atoms with Gasteiger partial charge in [-0.3, -0.25) is 0 Å². The first kappa shape index (κ1) is 16.0. The van der Waals surface area contributed by atoms with Gasteiger partial charge in [0.1, 0.15) is 11.6 Å². The minimum absolute atomic E-state index is 0.223. The average Bonchev–Trinajstić information content (AvgIpc) is 2.46. The summed E-state index contributed by atoms with van der Waals surface area (Å²) in [5.41, 5.74) is 8.04. The summed E-state index contributed by atoms with van der Waals surface area (Å²) in [6.07, 6.45) is 1.63. The van der Waals surface area contributed by atoms with Crippen molar-refractivity contribution in [3.63, 3.8) is 0 Å². The van der Waals surface area contributed by atoms with E-state index in [2.05, 4.69) is 15.9 Å². The van der Waals surface area contributed by atoms with Gasteiger partial charge in [0.15, 0.2) is 0 Å². The van der Waals surface area contributed by atoms with Crippen LogP contribution in [-0.4, -0.2) is 13.7 Å². The van der Waals surface area contributed by atoms with Gasteiger partial charge in [-0.1, -0.05) is 28.1 Å². The number of nitrogens with two attached hydrogens (primary N) is 1. The van der Waals surface area contributed by atoms with Gasteiger partial charge in [-0.25, -0.2) is 4.39 Å². The summed E-state index contributed by atoms with van der Waals surface area (Å²) in [5.74, 6) is 0.906. The maximum atomic E-state index is 13.4. The molecule has 1 unspecified atom stereocenters. The molecule has 2 rings (SSSR count). The second-order valence-electron chi connectivity index (χ2n) is 5.14. The largest absolute Gasteiger partial charge is 0.497 e. The Morgan fingerprint density at radius 3 is 2.33 bits per heavy atom. The van der Waals surface area contributed by atoms with E-state index in [1.54, 1.807) is 13.2 Å². The predicted molar refractivity (Wildman–Crippen MR) is 87.0 cm³/mol. The van der Waals surface area contributed by atoms with Crippen LogP contribution in [0.5, 0.6) is 5.75 Å². The molecule has 0 saturated carbocycles. The summed E-state index contributed by atoms with van der Waals surface area (Å²) in [6.45, 7) is 0.570. The molecule has 4 heteroatoms. The number of benzene rings is 2. The van der Waals surface area contributed by atoms with Crippen LogP contribution in [0.15, 0.2) is 46.9 Å². The number of hydrogen-bond donors (Lipinski definition) is 1. The van der Waals surface area contributed by atoms with Gasteiger partial charge in [0.2, 0.25) is 0 Å². The van der Waals surface area contributed by atoms with Crippen molar-refractivity contribution in [1.29, 1.82) is 0 Å². The Balaban J connectivity index is 2.05. The fraction of sp³-hybridized carbons (Fsp3) is 0.294. The monoisotopic (exact) mass is 351 g/mol. The van der Waals surface area contributed by atoms with Crippen molar-refractivity contribution in [3.05, 3.63) is 63.9 Å². The highest BCUT2D eigenvalue weighted by molar-refractivity contribution is 9.10. The molecular weight excluding hydrogens is 333 g/mol. The maximum absolute atomic E-state index is 13.4. The Bertz CT molecular complexity index is 566. The van der Waals surface area contributed by atoms with Crippen LogP contribution in [0, 0.1) is 11.7 Å². The molecule has 0 bridgehead atoms. The fourth-order valence-corrected chi connectivity index (χ4v) is 2.91. The van der Waals surface area contributed by atoms with Gasteiger partial charge >= 0.3 is 0 Å². The molecule has 0 saturated heterocycles. The zero-order chi connectivity index (χ0) is 15.2. The Labute approximate surface area is 133 Å². The first-order chi connectivity index (χ1) is 10.1. The summed E-state index contributed by atoms with van der Waals surface area (Å²) < 4.78 is 19.3. The van der Waals surface area contributed by atoms with Crippen molar-refractivity contribution in [3.8, 4) is 5.75 Å². The van der Waals surface area contributed by atoms with Gasteiger partial charge in [0.05, 0.1) is 7.11 Å². The molecule has 2 nitrogen and oxygen atoms in total. The van der Waals surface area contributed by atoms with E-state index in [4.69, 9.17) is 10.5 Å². The molecule has 0 heterocycles. The highest BCUT2D eigenvalue weighted by Crippen LogP contribution is 2.20. The maximum Gasteiger partial charge on any atom is 0.124 e. The van der Waals surface area contributed by atoms with Gasteiger partial charge in [-0.2, -0.15) is 0 Å². The van der Waals surface area contributed by atoms with E-state index < -0.39 is 0 Å². The van der Waals surface area contributed by atoms with Crippen molar-refractivity contribution >= 4 is 15.9 Å². The Hall–Kier alpha value is -1.39. The van der Waals surface area contributed by atoms with Crippen molar-refractivity contribution in [2.24, 2.45) is 11.7 Å². The lowest BCUT2D eigenvalue weighted by molar-refractivity contribution is 0.414. The molecule has 0 amide bonds. The molecule has 2 N–H and O–H groups in total. The molecular formula is C17H19BrFNO. The second-order valence-corrected chi connectivity index (χ2v) is 6.05. The smallest absolute Gasteiger partial charge is 0.124 e. The lowest BCUT2D eigenvalue weighted by Crippen LogP contribution is -2.19. The molecule has 0 fully saturated rings. The van der Waals surface area contributed by atoms with E-state index >= 15 is 0 Å². The molecule has 112 valence electrons. The van der Waals surface area contributed by atoms with Crippen LogP contribution in [0.4, 0.5) is 4.39 Å². The third-order valence-corrected chi connectivity index (χ3v) is 3.92. The van der Waals surface area contributed by atoms with Crippen LogP contribution >= 0.6 is 15.9 Å². The minimum Gasteiger partial charge on any atom is -0.497 e. The summed E-state index contributed by atoms with van der Waals surface area (Å²) in [7, 11) is 1.65. The summed E-state index contributed by atoms with van der Waals surface area (Å²) in [5, 5.41) is 0. The third kappa shape index (κ3) is 4.83. The van der Waals surface area contributed by atoms with Crippen LogP contribution in [-0.2, 0) is 12.8 Å². The standard InChI is InChI=1S/C17H19BrFNO/c1-21-17-4-2-12(3-5-17)6-14(11-20)7-13-8-15(18)10-16(19)9-13/h2-5,8-10,14H,6-7,11,20H2,1H3. The zero-order valence-corrected chi connectivity index (χ0v) is 13.6. The van der Waals surface area contributed by atoms with Crippen molar-refractivity contribution in [2.45, 2.75) is 12.8 Å². The van der Waals surface area contributed by atoms with E-state index in [9.17, 15) is 4.39 Å². The fourth-order valence-electron chi connectivity index (χ4n) is 2.40. The van der Waals surface area contributed by atoms with Crippen molar-refractivity contribution < 1.29 is 9.13 Å². The van der Waals surface area contributed by atoms with Crippen molar-refractivity contribution in [1.82, 2.24) is 0 Å². The molecule has 0 aliphatic heterocycles. The average molecular weight is 352 g/mol. The molecule has 0 spiro atoms. The lowest BCUT2D eigenvalue weighted by Gasteiger charge is -2.15. The molecule has 2 aromatic carbocycles. The molecule has 0 aromatic heterocycles. The Morgan fingerprint density at radius 2 is 1.76 bits per heavy atom. The molecule has 0 radical (unpaired) electrons. The van der Waals surface area contributed by atoms with E-state index in [0.29, 0.717) is 6.54 Å². The summed E-state index contributed by atoms with van der Waals surface area (Å²) in [6, 6.07) is 13.0. The number of hydrogen-bond acceptors (Lipinski definition) is 2. The molecule has 2 aromatic rings. The SMILES string of the molecule is COc1ccc(CC(CN)Cc2cc(F)cc(Br)c2)cc1. The number of methoxy groups -OCH3 is 1. The number of rotatable bonds is 6. The molecule has 21 heavy (non-hydrogen) atoms. The van der Waals surface area contributed by atoms with Gasteiger partial charge in [-0.15, -0.1) is 0 Å². The van der Waals surface area contributed by atoms with Crippen LogP contribution in [0.1, 0.15) is 11.1 Å². The second kappa shape index (κ2) is 7.57. The lowest BCUT2D eigenvalue weighted by atomic mass is 9.92. The van der Waals surface area contributed by atoms with Gasteiger partial charge in [-0.05, 0) is 66.8 Å². The predicted octanol–water partition coefficient (Wildman–Crippen LogP) is 3.96. The van der Waals surface area contributed by atoms with Crippen LogP contribution < -0.4 is 10.5 Å². The van der Waals surface area contributed by atoms with E-state index in [-0.39, 0.29) is 11.7 Å².